The molecule has 3 amide bonds. The molecule has 0 aromatic heterocycles. The van der Waals surface area contributed by atoms with Gasteiger partial charge in [0, 0.05) is 37.8 Å². The summed E-state index contributed by atoms with van der Waals surface area (Å²) in [5.41, 5.74) is 1.14. The van der Waals surface area contributed by atoms with Crippen LogP contribution in [0, 0.1) is 17.6 Å². The van der Waals surface area contributed by atoms with E-state index in [1.165, 1.54) is 12.1 Å². The zero-order valence-electron chi connectivity index (χ0n) is 16.2. The number of nitrogens with one attached hydrogen (secondary N) is 2. The van der Waals surface area contributed by atoms with Gasteiger partial charge in [0.25, 0.3) is 0 Å². The third-order valence-corrected chi connectivity index (χ3v) is 5.02. The van der Waals surface area contributed by atoms with Gasteiger partial charge in [0.2, 0.25) is 5.91 Å². The van der Waals surface area contributed by atoms with Crippen LogP contribution in [-0.4, -0.2) is 29.9 Å². The van der Waals surface area contributed by atoms with E-state index in [0.717, 1.165) is 24.6 Å². The number of halogens is 2. The van der Waals surface area contributed by atoms with Crippen molar-refractivity contribution >= 4 is 17.6 Å². The Kier molecular flexibility index (Phi) is 7.16. The lowest BCUT2D eigenvalue weighted by Crippen LogP contribution is -2.42. The molecule has 1 aliphatic heterocycles. The summed E-state index contributed by atoms with van der Waals surface area (Å²) < 4.78 is 26.4. The summed E-state index contributed by atoms with van der Waals surface area (Å²) >= 11 is 0. The zero-order valence-corrected chi connectivity index (χ0v) is 16.2. The number of nitrogens with zero attached hydrogens (tertiary/aromatic N) is 1. The highest BCUT2D eigenvalue weighted by atomic mass is 19.1. The minimum Gasteiger partial charge on any atom is -0.352 e. The van der Waals surface area contributed by atoms with Crippen LogP contribution in [0.3, 0.4) is 0 Å². The van der Waals surface area contributed by atoms with Gasteiger partial charge in [-0.25, -0.2) is 13.6 Å². The van der Waals surface area contributed by atoms with E-state index in [-0.39, 0.29) is 24.4 Å². The van der Waals surface area contributed by atoms with Gasteiger partial charge in [0.1, 0.15) is 11.6 Å². The first-order chi connectivity index (χ1) is 14.0. The number of hydrogen-bond donors (Lipinski definition) is 2. The fourth-order valence-electron chi connectivity index (χ4n) is 3.55. The van der Waals surface area contributed by atoms with E-state index in [2.05, 4.69) is 10.6 Å². The molecule has 154 valence electrons. The molecule has 0 spiro atoms. The standard InChI is InChI=1S/C22H25F2N3O2/c23-18-11-17(12-19(24)13-18)14-25-21(28)9-8-16-5-4-10-27(15-16)22(29)26-20-6-2-1-3-7-20/h1-3,6-7,11-13,16H,4-5,8-10,14-15H2,(H,25,28)(H,26,29)/t16-/m1/s1. The normalized spacial score (nSPS) is 16.3. The molecule has 2 aromatic carbocycles. The lowest BCUT2D eigenvalue weighted by Gasteiger charge is -2.32. The molecule has 1 heterocycles. The monoisotopic (exact) mass is 401 g/mol. The molecule has 0 saturated carbocycles. The lowest BCUT2D eigenvalue weighted by molar-refractivity contribution is -0.121. The molecule has 7 heteroatoms. The van der Waals surface area contributed by atoms with Gasteiger partial charge in [-0.2, -0.15) is 0 Å². The van der Waals surface area contributed by atoms with Crippen LogP contribution in [0.1, 0.15) is 31.2 Å². The largest absolute Gasteiger partial charge is 0.352 e. The molecule has 0 aliphatic carbocycles. The Balaban J connectivity index is 1.41. The maximum absolute atomic E-state index is 13.2. The molecular formula is C22H25F2N3O2. The van der Waals surface area contributed by atoms with Crippen LogP contribution in [0.15, 0.2) is 48.5 Å². The molecule has 29 heavy (non-hydrogen) atoms. The number of para-hydroxylation sites is 1. The third kappa shape index (κ3) is 6.55. The lowest BCUT2D eigenvalue weighted by atomic mass is 9.93. The first kappa shape index (κ1) is 20.8. The van der Waals surface area contributed by atoms with Crippen molar-refractivity contribution in [1.82, 2.24) is 10.2 Å². The summed E-state index contributed by atoms with van der Waals surface area (Å²) in [6.07, 6.45) is 2.85. The van der Waals surface area contributed by atoms with Gasteiger partial charge < -0.3 is 15.5 Å². The Morgan fingerprint density at radius 2 is 1.79 bits per heavy atom. The van der Waals surface area contributed by atoms with Gasteiger partial charge in [-0.1, -0.05) is 18.2 Å². The maximum atomic E-state index is 13.2. The fraction of sp³-hybridized carbons (Fsp3) is 0.364. The smallest absolute Gasteiger partial charge is 0.321 e. The van der Waals surface area contributed by atoms with Crippen molar-refractivity contribution in [2.24, 2.45) is 5.92 Å². The van der Waals surface area contributed by atoms with Crippen molar-refractivity contribution in [2.45, 2.75) is 32.2 Å². The van der Waals surface area contributed by atoms with E-state index in [4.69, 9.17) is 0 Å². The summed E-state index contributed by atoms with van der Waals surface area (Å²) in [6.45, 7) is 1.40. The number of carbonyl (C=O) groups is 2. The number of urea groups is 1. The van der Waals surface area contributed by atoms with Crippen molar-refractivity contribution < 1.29 is 18.4 Å². The second-order valence-electron chi connectivity index (χ2n) is 7.34. The number of benzene rings is 2. The van der Waals surface area contributed by atoms with Crippen LogP contribution in [0.5, 0.6) is 0 Å². The Labute approximate surface area is 169 Å². The highest BCUT2D eigenvalue weighted by Crippen LogP contribution is 2.22. The Hall–Kier alpha value is -2.96. The maximum Gasteiger partial charge on any atom is 0.321 e. The number of anilines is 1. The minimum atomic E-state index is -0.662. The second-order valence-corrected chi connectivity index (χ2v) is 7.34. The quantitative estimate of drug-likeness (QED) is 0.758. The van der Waals surface area contributed by atoms with Gasteiger partial charge >= 0.3 is 6.03 Å². The first-order valence-corrected chi connectivity index (χ1v) is 9.82. The van der Waals surface area contributed by atoms with Crippen molar-refractivity contribution in [3.63, 3.8) is 0 Å². The Bertz CT molecular complexity index is 825. The average molecular weight is 401 g/mol. The van der Waals surface area contributed by atoms with E-state index >= 15 is 0 Å². The van der Waals surface area contributed by atoms with E-state index in [1.54, 1.807) is 4.90 Å². The molecule has 1 saturated heterocycles. The van der Waals surface area contributed by atoms with Crippen molar-refractivity contribution in [2.75, 3.05) is 18.4 Å². The third-order valence-electron chi connectivity index (χ3n) is 5.02. The van der Waals surface area contributed by atoms with E-state index in [9.17, 15) is 18.4 Å². The summed E-state index contributed by atoms with van der Waals surface area (Å²) in [4.78, 5) is 26.3. The summed E-state index contributed by atoms with van der Waals surface area (Å²) in [6, 6.07) is 12.4. The molecule has 3 rings (SSSR count). The molecule has 2 aromatic rings. The van der Waals surface area contributed by atoms with Crippen LogP contribution in [0.25, 0.3) is 0 Å². The molecule has 5 nitrogen and oxygen atoms in total. The topological polar surface area (TPSA) is 61.4 Å². The Morgan fingerprint density at radius 1 is 1.07 bits per heavy atom. The number of hydrogen-bond acceptors (Lipinski definition) is 2. The first-order valence-electron chi connectivity index (χ1n) is 9.82. The van der Waals surface area contributed by atoms with Gasteiger partial charge in [-0.3, -0.25) is 4.79 Å². The van der Waals surface area contributed by atoms with Crippen molar-refractivity contribution in [3.8, 4) is 0 Å². The SMILES string of the molecule is O=C(CC[C@H]1CCCN(C(=O)Nc2ccccc2)C1)NCc1cc(F)cc(F)c1. The van der Waals surface area contributed by atoms with Crippen LogP contribution in [-0.2, 0) is 11.3 Å². The van der Waals surface area contributed by atoms with Crippen LogP contribution in [0.2, 0.25) is 0 Å². The van der Waals surface area contributed by atoms with E-state index < -0.39 is 11.6 Å². The highest BCUT2D eigenvalue weighted by molar-refractivity contribution is 5.89. The van der Waals surface area contributed by atoms with E-state index in [1.807, 2.05) is 30.3 Å². The van der Waals surface area contributed by atoms with E-state index in [0.29, 0.717) is 31.5 Å². The zero-order chi connectivity index (χ0) is 20.6. The minimum absolute atomic E-state index is 0.0871. The molecule has 1 aliphatic rings. The highest BCUT2D eigenvalue weighted by Gasteiger charge is 2.24. The summed E-state index contributed by atoms with van der Waals surface area (Å²) in [5, 5.41) is 5.59. The van der Waals surface area contributed by atoms with Gasteiger partial charge in [0.05, 0.1) is 0 Å². The van der Waals surface area contributed by atoms with Crippen LogP contribution in [0.4, 0.5) is 19.3 Å². The van der Waals surface area contributed by atoms with Crippen LogP contribution < -0.4 is 10.6 Å². The Morgan fingerprint density at radius 3 is 2.52 bits per heavy atom. The number of carbonyl (C=O) groups excluding carboxylic acids is 2. The number of likely N-dealkylation sites (tertiary alicyclic amines) is 1. The molecule has 0 unspecified atom stereocenters. The molecular weight excluding hydrogens is 376 g/mol. The van der Waals surface area contributed by atoms with Gasteiger partial charge in [-0.15, -0.1) is 0 Å². The van der Waals surface area contributed by atoms with Crippen LogP contribution >= 0.6 is 0 Å². The number of rotatable bonds is 6. The number of amides is 3. The van der Waals surface area contributed by atoms with Gasteiger partial charge in [-0.05, 0) is 55.0 Å². The molecule has 0 bridgehead atoms. The molecule has 2 N–H and O–H groups in total. The predicted molar refractivity (Wildman–Crippen MR) is 107 cm³/mol. The summed E-state index contributed by atoms with van der Waals surface area (Å²) in [5.74, 6) is -1.24. The molecule has 1 fully saturated rings. The average Bonchev–Trinajstić information content (AvgIpc) is 2.71. The predicted octanol–water partition coefficient (Wildman–Crippen LogP) is 4.31. The van der Waals surface area contributed by atoms with Crippen molar-refractivity contribution in [3.05, 3.63) is 65.7 Å². The second kappa shape index (κ2) is 10.0. The summed E-state index contributed by atoms with van der Waals surface area (Å²) in [7, 11) is 0. The molecule has 0 radical (unpaired) electrons. The fourth-order valence-corrected chi connectivity index (χ4v) is 3.55. The van der Waals surface area contributed by atoms with Crippen molar-refractivity contribution in [1.29, 1.82) is 0 Å². The number of piperidine rings is 1. The molecule has 1 atom stereocenters. The van der Waals surface area contributed by atoms with Gasteiger partial charge in [0.15, 0.2) is 0 Å².